The Hall–Kier alpha value is -4.07. The third-order valence-corrected chi connectivity index (χ3v) is 9.46. The minimum absolute atomic E-state index is 0.220. The number of nitrogens with zero attached hydrogens (tertiary/aromatic N) is 3. The van der Waals surface area contributed by atoms with E-state index in [-0.39, 0.29) is 23.8 Å². The fraction of sp³-hybridized carbons (Fsp3) is 0.323. The maximum absolute atomic E-state index is 14.1. The summed E-state index contributed by atoms with van der Waals surface area (Å²) in [5.74, 6) is 1.74. The molecular weight excluding hydrogens is 604 g/mol. The number of anilines is 1. The summed E-state index contributed by atoms with van der Waals surface area (Å²) in [5.41, 5.74) is 8.62. The lowest BCUT2D eigenvalue weighted by molar-refractivity contribution is -0.0163. The number of amides is 2. The zero-order valence-electron chi connectivity index (χ0n) is 24.6. The van der Waals surface area contributed by atoms with Crippen LogP contribution in [0.2, 0.25) is 0 Å². The van der Waals surface area contributed by atoms with Crippen LogP contribution in [0, 0.1) is 0 Å². The zero-order chi connectivity index (χ0) is 31.1. The molecule has 2 aliphatic heterocycles. The van der Waals surface area contributed by atoms with Gasteiger partial charge in [-0.2, -0.15) is 0 Å². The Labute approximate surface area is 264 Å². The van der Waals surface area contributed by atoms with Crippen LogP contribution in [0.25, 0.3) is 5.57 Å². The molecule has 3 aromatic rings. The molecule has 5 rings (SSSR count). The molecule has 2 N–H and O–H groups in total. The van der Waals surface area contributed by atoms with E-state index in [2.05, 4.69) is 4.98 Å². The highest BCUT2D eigenvalue weighted by Crippen LogP contribution is 2.39. The molecule has 2 aliphatic rings. The molecule has 0 saturated carbocycles. The molecule has 0 aliphatic carbocycles. The average Bonchev–Trinajstić information content (AvgIpc) is 3.72. The normalized spacial score (nSPS) is 17.8. The fourth-order valence-corrected chi connectivity index (χ4v) is 6.76. The van der Waals surface area contributed by atoms with Crippen molar-refractivity contribution in [3.63, 3.8) is 0 Å². The second-order valence-corrected chi connectivity index (χ2v) is 12.2. The van der Waals surface area contributed by atoms with Crippen LogP contribution in [0.15, 0.2) is 72.0 Å². The second-order valence-electron chi connectivity index (χ2n) is 9.80. The van der Waals surface area contributed by atoms with Gasteiger partial charge in [0.2, 0.25) is 0 Å². The molecule has 3 heterocycles. The largest absolute Gasteiger partial charge is 0.497 e. The van der Waals surface area contributed by atoms with Gasteiger partial charge >= 0.3 is 6.09 Å². The molecule has 0 radical (unpaired) electrons. The molecule has 0 bridgehead atoms. The standard InChI is InChI=1S/C31H34N4O7S2/c1-38-22-9-7-20(8-10-22)21-16-25(35(19-21)29(36)23-17-26(39-2)27(40-3)18-24(23)32)30-34(12-13-41-30)31(37)42-14-15-43-44-28-6-4-5-11-33-28/h4-11,17-19,25,30H,12-16,32H2,1-3H3/t25-,30?/m0/s1. The molecule has 11 nitrogen and oxygen atoms in total. The van der Waals surface area contributed by atoms with E-state index >= 15 is 0 Å². The first-order chi connectivity index (χ1) is 21.4. The first-order valence-electron chi connectivity index (χ1n) is 13.9. The second kappa shape index (κ2) is 14.6. The van der Waals surface area contributed by atoms with Gasteiger partial charge in [0.15, 0.2) is 17.7 Å². The number of rotatable bonds is 11. The molecule has 232 valence electrons. The Balaban J connectivity index is 1.34. The topological polar surface area (TPSA) is 126 Å². The van der Waals surface area contributed by atoms with Gasteiger partial charge in [-0.3, -0.25) is 9.69 Å². The lowest BCUT2D eigenvalue weighted by atomic mass is 10.0. The zero-order valence-corrected chi connectivity index (χ0v) is 26.3. The average molecular weight is 639 g/mol. The maximum Gasteiger partial charge on any atom is 0.412 e. The number of hydrogen-bond donors (Lipinski definition) is 1. The number of carbonyl (C=O) groups excluding carboxylic acids is 2. The summed E-state index contributed by atoms with van der Waals surface area (Å²) in [4.78, 5) is 34.7. The summed E-state index contributed by atoms with van der Waals surface area (Å²) in [7, 11) is 7.68. The highest BCUT2D eigenvalue weighted by atomic mass is 33.1. The number of pyridine rings is 1. The van der Waals surface area contributed by atoms with E-state index in [0.717, 1.165) is 21.9 Å². The minimum Gasteiger partial charge on any atom is -0.497 e. The number of nitrogens with two attached hydrogens (primary N) is 1. The third kappa shape index (κ3) is 7.01. The SMILES string of the molecule is COc1ccc(C2=CN(C(=O)c3cc(OC)c(OC)cc3N)[C@H](C3OCCN3C(=O)OCCSSc3ccccn3)C2)cc1. The highest BCUT2D eigenvalue weighted by molar-refractivity contribution is 8.76. The molecule has 2 amide bonds. The Morgan fingerprint density at radius 1 is 1.05 bits per heavy atom. The highest BCUT2D eigenvalue weighted by Gasteiger charge is 2.44. The van der Waals surface area contributed by atoms with Gasteiger partial charge in [-0.05, 0) is 58.7 Å². The predicted molar refractivity (Wildman–Crippen MR) is 170 cm³/mol. The van der Waals surface area contributed by atoms with Crippen LogP contribution in [-0.4, -0.2) is 85.9 Å². The first-order valence-corrected chi connectivity index (χ1v) is 16.2. The molecule has 44 heavy (non-hydrogen) atoms. The van der Waals surface area contributed by atoms with E-state index in [1.54, 1.807) is 52.2 Å². The van der Waals surface area contributed by atoms with Crippen molar-refractivity contribution in [1.29, 1.82) is 0 Å². The monoisotopic (exact) mass is 638 g/mol. The summed E-state index contributed by atoms with van der Waals surface area (Å²) >= 11 is 0. The van der Waals surface area contributed by atoms with E-state index in [9.17, 15) is 9.59 Å². The number of aromatic nitrogens is 1. The van der Waals surface area contributed by atoms with Crippen molar-refractivity contribution in [3.05, 3.63) is 78.1 Å². The first kappa shape index (κ1) is 31.4. The quantitative estimate of drug-likeness (QED) is 0.170. The van der Waals surface area contributed by atoms with Crippen LogP contribution >= 0.6 is 21.6 Å². The number of methoxy groups -OCH3 is 3. The minimum atomic E-state index is -0.727. The van der Waals surface area contributed by atoms with Gasteiger partial charge in [0.25, 0.3) is 5.91 Å². The van der Waals surface area contributed by atoms with Crippen LogP contribution in [0.4, 0.5) is 10.5 Å². The number of ether oxygens (including phenoxy) is 5. The van der Waals surface area contributed by atoms with Gasteiger partial charge in [-0.25, -0.2) is 9.78 Å². The molecule has 1 aromatic heterocycles. The van der Waals surface area contributed by atoms with Crippen LogP contribution in [0.5, 0.6) is 17.2 Å². The van der Waals surface area contributed by atoms with E-state index in [4.69, 9.17) is 29.4 Å². The number of benzene rings is 2. The van der Waals surface area contributed by atoms with E-state index < -0.39 is 18.4 Å². The van der Waals surface area contributed by atoms with E-state index in [0.29, 0.717) is 36.8 Å². The van der Waals surface area contributed by atoms with Gasteiger partial charge in [-0.1, -0.05) is 29.0 Å². The van der Waals surface area contributed by atoms with Crippen molar-refractivity contribution in [2.24, 2.45) is 0 Å². The smallest absolute Gasteiger partial charge is 0.412 e. The van der Waals surface area contributed by atoms with E-state index in [1.807, 2.05) is 42.5 Å². The van der Waals surface area contributed by atoms with Crippen molar-refractivity contribution in [1.82, 2.24) is 14.8 Å². The summed E-state index contributed by atoms with van der Waals surface area (Å²) < 4.78 is 27.8. The Kier molecular flexibility index (Phi) is 10.4. The Morgan fingerprint density at radius 2 is 1.82 bits per heavy atom. The molecule has 2 atom stereocenters. The van der Waals surface area contributed by atoms with Crippen molar-refractivity contribution in [2.45, 2.75) is 23.7 Å². The molecule has 1 saturated heterocycles. The van der Waals surface area contributed by atoms with Crippen LogP contribution in [0.1, 0.15) is 22.3 Å². The molecule has 1 fully saturated rings. The maximum atomic E-state index is 14.1. The number of carbonyl (C=O) groups is 2. The Morgan fingerprint density at radius 3 is 2.52 bits per heavy atom. The van der Waals surface area contributed by atoms with Gasteiger partial charge in [0.1, 0.15) is 17.4 Å². The molecular formula is C31H34N4O7S2. The van der Waals surface area contributed by atoms with E-state index in [1.165, 1.54) is 25.0 Å². The van der Waals surface area contributed by atoms with Gasteiger partial charge in [0.05, 0.1) is 46.1 Å². The van der Waals surface area contributed by atoms with Gasteiger partial charge < -0.3 is 34.3 Å². The number of hydrogen-bond acceptors (Lipinski definition) is 11. The summed E-state index contributed by atoms with van der Waals surface area (Å²) in [5, 5.41) is 0.887. The van der Waals surface area contributed by atoms with Crippen LogP contribution in [0.3, 0.4) is 0 Å². The van der Waals surface area contributed by atoms with Crippen molar-refractivity contribution in [3.8, 4) is 17.2 Å². The molecule has 1 unspecified atom stereocenters. The summed E-state index contributed by atoms with van der Waals surface area (Å²) in [6, 6.07) is 15.9. The lowest BCUT2D eigenvalue weighted by Gasteiger charge is -2.33. The molecule has 0 spiro atoms. The number of nitrogen functional groups attached to an aromatic ring is 1. The third-order valence-electron chi connectivity index (χ3n) is 7.23. The molecule has 13 heteroatoms. The van der Waals surface area contributed by atoms with Crippen molar-refractivity contribution < 1.29 is 33.3 Å². The van der Waals surface area contributed by atoms with Gasteiger partial charge in [0, 0.05) is 29.9 Å². The Bertz CT molecular complexity index is 1490. The van der Waals surface area contributed by atoms with Crippen LogP contribution < -0.4 is 19.9 Å². The fourth-order valence-electron chi connectivity index (χ4n) is 5.05. The summed E-state index contributed by atoms with van der Waals surface area (Å²) in [6.45, 7) is 0.880. The van der Waals surface area contributed by atoms with Crippen molar-refractivity contribution in [2.75, 3.05) is 52.6 Å². The van der Waals surface area contributed by atoms with Crippen LogP contribution in [-0.2, 0) is 9.47 Å². The van der Waals surface area contributed by atoms with Crippen molar-refractivity contribution >= 4 is 44.8 Å². The molecule has 2 aromatic carbocycles. The summed E-state index contributed by atoms with van der Waals surface area (Å²) in [6.07, 6.45) is 2.75. The predicted octanol–water partition coefficient (Wildman–Crippen LogP) is 5.18. The lowest BCUT2D eigenvalue weighted by Crippen LogP contribution is -2.50. The van der Waals surface area contributed by atoms with Gasteiger partial charge in [-0.15, -0.1) is 0 Å².